The number of hydrogen-bond donors (Lipinski definition) is 2. The molecule has 7 heteroatoms. The number of carbonyl (C=O) groups excluding carboxylic acids is 1. The average molecular weight is 298 g/mol. The molecule has 0 aromatic heterocycles. The van der Waals surface area contributed by atoms with Crippen LogP contribution in [0.3, 0.4) is 0 Å². The van der Waals surface area contributed by atoms with Crippen LogP contribution in [0.25, 0.3) is 0 Å². The van der Waals surface area contributed by atoms with Gasteiger partial charge >= 0.3 is 0 Å². The van der Waals surface area contributed by atoms with Crippen LogP contribution in [0.15, 0.2) is 24.3 Å². The Hall–Kier alpha value is -2.57. The van der Waals surface area contributed by atoms with Gasteiger partial charge in [0.1, 0.15) is 22.9 Å². The smallest absolute Gasteiger partial charge is 0.261 e. The van der Waals surface area contributed by atoms with Crippen molar-refractivity contribution in [2.24, 2.45) is 0 Å². The highest BCUT2D eigenvalue weighted by atomic mass is 19.2. The van der Waals surface area contributed by atoms with E-state index in [0.29, 0.717) is 0 Å². The van der Waals surface area contributed by atoms with Gasteiger partial charge in [-0.2, -0.15) is 0 Å². The van der Waals surface area contributed by atoms with E-state index in [1.807, 2.05) is 5.32 Å². The SMILES string of the molecule is Cc1ccc(F)c(C(=O)Nc2c(N)ccc(F)c2F)c1F. The Morgan fingerprint density at radius 1 is 1.00 bits per heavy atom. The first-order valence-electron chi connectivity index (χ1n) is 5.82. The minimum Gasteiger partial charge on any atom is -0.397 e. The normalized spacial score (nSPS) is 10.5. The number of carbonyl (C=O) groups is 1. The first-order chi connectivity index (χ1) is 9.82. The summed E-state index contributed by atoms with van der Waals surface area (Å²) in [5.74, 6) is -6.11. The minimum atomic E-state index is -1.41. The topological polar surface area (TPSA) is 55.1 Å². The number of nitrogens with one attached hydrogen (secondary N) is 1. The number of nitrogen functional groups attached to an aromatic ring is 1. The van der Waals surface area contributed by atoms with Crippen molar-refractivity contribution in [2.45, 2.75) is 6.92 Å². The number of aryl methyl sites for hydroxylation is 1. The number of hydrogen-bond acceptors (Lipinski definition) is 2. The fraction of sp³-hybridized carbons (Fsp3) is 0.0714. The quantitative estimate of drug-likeness (QED) is 0.659. The molecule has 0 saturated heterocycles. The molecule has 21 heavy (non-hydrogen) atoms. The summed E-state index contributed by atoms with van der Waals surface area (Å²) in [5.41, 5.74) is 3.63. The molecule has 0 bridgehead atoms. The lowest BCUT2D eigenvalue weighted by atomic mass is 10.1. The van der Waals surface area contributed by atoms with Gasteiger partial charge in [-0.1, -0.05) is 6.07 Å². The summed E-state index contributed by atoms with van der Waals surface area (Å²) in [6.45, 7) is 1.34. The standard InChI is InChI=1S/C14H10F4N2O/c1-6-2-3-7(15)10(11(6)17)14(21)20-13-9(19)5-4-8(16)12(13)18/h2-5H,19H2,1H3,(H,20,21). The van der Waals surface area contributed by atoms with Crippen LogP contribution in [-0.4, -0.2) is 5.91 Å². The average Bonchev–Trinajstić information content (AvgIpc) is 2.44. The largest absolute Gasteiger partial charge is 0.397 e. The van der Waals surface area contributed by atoms with Gasteiger partial charge in [0.15, 0.2) is 11.6 Å². The van der Waals surface area contributed by atoms with Crippen LogP contribution in [-0.2, 0) is 0 Å². The van der Waals surface area contributed by atoms with Crippen LogP contribution >= 0.6 is 0 Å². The lowest BCUT2D eigenvalue weighted by Gasteiger charge is -2.11. The maximum absolute atomic E-state index is 13.8. The van der Waals surface area contributed by atoms with Crippen LogP contribution in [0.4, 0.5) is 28.9 Å². The van der Waals surface area contributed by atoms with Gasteiger partial charge in [0.2, 0.25) is 0 Å². The second-order valence-corrected chi connectivity index (χ2v) is 4.33. The van der Waals surface area contributed by atoms with Gasteiger partial charge < -0.3 is 11.1 Å². The Kier molecular flexibility index (Phi) is 3.84. The molecule has 0 radical (unpaired) electrons. The molecule has 3 N–H and O–H groups in total. The molecule has 0 aliphatic heterocycles. The molecule has 3 nitrogen and oxygen atoms in total. The third-order valence-corrected chi connectivity index (χ3v) is 2.88. The van der Waals surface area contributed by atoms with Crippen molar-refractivity contribution in [1.82, 2.24) is 0 Å². The predicted octanol–water partition coefficient (Wildman–Crippen LogP) is 3.39. The lowest BCUT2D eigenvalue weighted by molar-refractivity contribution is 0.101. The van der Waals surface area contributed by atoms with Crippen molar-refractivity contribution in [3.05, 3.63) is 58.7 Å². The van der Waals surface area contributed by atoms with Gasteiger partial charge in [-0.15, -0.1) is 0 Å². The van der Waals surface area contributed by atoms with Crippen LogP contribution in [0.1, 0.15) is 15.9 Å². The Morgan fingerprint density at radius 2 is 1.62 bits per heavy atom. The first-order valence-corrected chi connectivity index (χ1v) is 5.82. The van der Waals surface area contributed by atoms with E-state index in [9.17, 15) is 22.4 Å². The summed E-state index contributed by atoms with van der Waals surface area (Å²) >= 11 is 0. The van der Waals surface area contributed by atoms with E-state index in [1.54, 1.807) is 0 Å². The molecule has 2 rings (SSSR count). The third-order valence-electron chi connectivity index (χ3n) is 2.88. The van der Waals surface area contributed by atoms with Crippen molar-refractivity contribution < 1.29 is 22.4 Å². The molecule has 0 spiro atoms. The summed E-state index contributed by atoms with van der Waals surface area (Å²) in [4.78, 5) is 11.9. The van der Waals surface area contributed by atoms with Gasteiger partial charge in [-0.25, -0.2) is 17.6 Å². The van der Waals surface area contributed by atoms with E-state index in [1.165, 1.54) is 6.92 Å². The highest BCUT2D eigenvalue weighted by molar-refractivity contribution is 6.06. The molecular formula is C14H10F4N2O. The molecular weight excluding hydrogens is 288 g/mol. The highest BCUT2D eigenvalue weighted by Crippen LogP contribution is 2.26. The van der Waals surface area contributed by atoms with Gasteiger partial charge in [-0.3, -0.25) is 4.79 Å². The monoisotopic (exact) mass is 298 g/mol. The van der Waals surface area contributed by atoms with Crippen molar-refractivity contribution in [3.63, 3.8) is 0 Å². The molecule has 0 unspecified atom stereocenters. The maximum Gasteiger partial charge on any atom is 0.261 e. The van der Waals surface area contributed by atoms with Crippen LogP contribution in [0, 0.1) is 30.2 Å². The predicted molar refractivity (Wildman–Crippen MR) is 69.8 cm³/mol. The zero-order valence-electron chi connectivity index (χ0n) is 10.8. The van der Waals surface area contributed by atoms with Gasteiger partial charge in [-0.05, 0) is 30.7 Å². The summed E-state index contributed by atoms with van der Waals surface area (Å²) in [6.07, 6.45) is 0. The number of benzene rings is 2. The van der Waals surface area contributed by atoms with Crippen LogP contribution in [0.5, 0.6) is 0 Å². The molecule has 1 amide bonds. The molecule has 2 aromatic rings. The van der Waals surface area contributed by atoms with E-state index in [4.69, 9.17) is 5.73 Å². The van der Waals surface area contributed by atoms with Gasteiger partial charge in [0.25, 0.3) is 5.91 Å². The fourth-order valence-electron chi connectivity index (χ4n) is 1.73. The molecule has 2 aromatic carbocycles. The second kappa shape index (κ2) is 5.43. The summed E-state index contributed by atoms with van der Waals surface area (Å²) in [7, 11) is 0. The maximum atomic E-state index is 13.8. The molecule has 0 heterocycles. The summed E-state index contributed by atoms with van der Waals surface area (Å²) in [5, 5.41) is 1.89. The van der Waals surface area contributed by atoms with Crippen molar-refractivity contribution in [3.8, 4) is 0 Å². The highest BCUT2D eigenvalue weighted by Gasteiger charge is 2.22. The summed E-state index contributed by atoms with van der Waals surface area (Å²) in [6, 6.07) is 3.85. The molecule has 0 aliphatic carbocycles. The van der Waals surface area contributed by atoms with Crippen molar-refractivity contribution in [1.29, 1.82) is 0 Å². The molecule has 110 valence electrons. The van der Waals surface area contributed by atoms with Crippen molar-refractivity contribution >= 4 is 17.3 Å². The van der Waals surface area contributed by atoms with E-state index in [0.717, 1.165) is 24.3 Å². The Balaban J connectivity index is 2.45. The first kappa shape index (κ1) is 14.8. The van der Waals surface area contributed by atoms with E-state index < -0.39 is 40.4 Å². The number of rotatable bonds is 2. The number of anilines is 2. The van der Waals surface area contributed by atoms with Crippen LogP contribution in [0.2, 0.25) is 0 Å². The number of amides is 1. The van der Waals surface area contributed by atoms with Gasteiger partial charge in [0, 0.05) is 0 Å². The minimum absolute atomic E-state index is 0.0363. The van der Waals surface area contributed by atoms with E-state index in [2.05, 4.69) is 0 Å². The number of nitrogens with two attached hydrogens (primary N) is 1. The van der Waals surface area contributed by atoms with E-state index >= 15 is 0 Å². The van der Waals surface area contributed by atoms with Crippen molar-refractivity contribution in [2.75, 3.05) is 11.1 Å². The zero-order valence-corrected chi connectivity index (χ0v) is 10.8. The third kappa shape index (κ3) is 2.67. The Morgan fingerprint density at radius 3 is 2.29 bits per heavy atom. The molecule has 0 aliphatic rings. The number of halogens is 4. The van der Waals surface area contributed by atoms with Gasteiger partial charge in [0.05, 0.1) is 5.69 Å². The molecule has 0 atom stereocenters. The van der Waals surface area contributed by atoms with Crippen LogP contribution < -0.4 is 11.1 Å². The molecule has 0 fully saturated rings. The molecule has 0 saturated carbocycles. The van der Waals surface area contributed by atoms with E-state index in [-0.39, 0.29) is 11.3 Å². The lowest BCUT2D eigenvalue weighted by Crippen LogP contribution is -2.18. The summed E-state index contributed by atoms with van der Waals surface area (Å²) < 4.78 is 54.0. The second-order valence-electron chi connectivity index (χ2n) is 4.33. The zero-order chi connectivity index (χ0) is 15.7. The Bertz CT molecular complexity index is 731. The Labute approximate surface area is 117 Å². The fourth-order valence-corrected chi connectivity index (χ4v) is 1.73.